The lowest BCUT2D eigenvalue weighted by Crippen LogP contribution is -2.49. The maximum absolute atomic E-state index is 13.4. The quantitative estimate of drug-likeness (QED) is 0.462. The Hall–Kier alpha value is -2.82. The van der Waals surface area contributed by atoms with Crippen LogP contribution in [-0.4, -0.2) is 29.8 Å². The molecule has 0 bridgehead atoms. The van der Waals surface area contributed by atoms with Crippen molar-refractivity contribution in [3.05, 3.63) is 106 Å². The number of hydrogen-bond acceptors (Lipinski definition) is 2. The van der Waals surface area contributed by atoms with E-state index in [1.54, 1.807) is 24.1 Å². The number of aryl methyl sites for hydroxylation is 1. The summed E-state index contributed by atoms with van der Waals surface area (Å²) in [4.78, 5) is 28.0. The third-order valence-corrected chi connectivity index (χ3v) is 5.97. The summed E-state index contributed by atoms with van der Waals surface area (Å²) in [6.07, 6.45) is 1.17. The first-order valence-corrected chi connectivity index (χ1v) is 11.3. The molecule has 2 amide bonds. The number of amides is 2. The molecule has 0 saturated carbocycles. The lowest BCUT2D eigenvalue weighted by molar-refractivity contribution is -0.141. The largest absolute Gasteiger partial charge is 0.357 e. The van der Waals surface area contributed by atoms with Crippen molar-refractivity contribution in [2.45, 2.75) is 31.8 Å². The van der Waals surface area contributed by atoms with Gasteiger partial charge >= 0.3 is 0 Å². The van der Waals surface area contributed by atoms with Crippen molar-refractivity contribution in [2.75, 3.05) is 7.05 Å². The molecule has 3 aromatic rings. The number of rotatable bonds is 9. The van der Waals surface area contributed by atoms with E-state index in [-0.39, 0.29) is 18.2 Å². The van der Waals surface area contributed by atoms with Crippen LogP contribution in [0.3, 0.4) is 0 Å². The first-order valence-electron chi connectivity index (χ1n) is 10.5. The molecule has 4 nitrogen and oxygen atoms in total. The lowest BCUT2D eigenvalue weighted by atomic mass is 10.0. The van der Waals surface area contributed by atoms with Crippen molar-refractivity contribution < 1.29 is 9.59 Å². The highest BCUT2D eigenvalue weighted by Crippen LogP contribution is 2.20. The molecule has 3 aromatic carbocycles. The van der Waals surface area contributed by atoms with Crippen LogP contribution < -0.4 is 5.32 Å². The van der Waals surface area contributed by atoms with Crippen LogP contribution in [0.4, 0.5) is 0 Å². The van der Waals surface area contributed by atoms with Crippen LogP contribution in [0.2, 0.25) is 10.0 Å². The predicted molar refractivity (Wildman–Crippen MR) is 130 cm³/mol. The van der Waals surface area contributed by atoms with Gasteiger partial charge in [-0.05, 0) is 41.3 Å². The van der Waals surface area contributed by atoms with E-state index >= 15 is 0 Å². The van der Waals surface area contributed by atoms with Crippen LogP contribution >= 0.6 is 23.2 Å². The van der Waals surface area contributed by atoms with Crippen LogP contribution in [0.25, 0.3) is 0 Å². The summed E-state index contributed by atoms with van der Waals surface area (Å²) in [5, 5.41) is 3.98. The van der Waals surface area contributed by atoms with Gasteiger partial charge in [-0.2, -0.15) is 0 Å². The fraction of sp³-hybridized carbons (Fsp3) is 0.231. The Kier molecular flexibility index (Phi) is 8.72. The van der Waals surface area contributed by atoms with Gasteiger partial charge in [-0.15, -0.1) is 0 Å². The second kappa shape index (κ2) is 11.7. The summed E-state index contributed by atoms with van der Waals surface area (Å²) in [6.45, 7) is 0.309. The Bertz CT molecular complexity index is 1040. The average Bonchev–Trinajstić information content (AvgIpc) is 2.82. The highest BCUT2D eigenvalue weighted by molar-refractivity contribution is 6.31. The fourth-order valence-corrected chi connectivity index (χ4v) is 3.95. The highest BCUT2D eigenvalue weighted by atomic mass is 35.5. The molecule has 0 radical (unpaired) electrons. The van der Waals surface area contributed by atoms with Gasteiger partial charge in [-0.1, -0.05) is 83.9 Å². The standard InChI is InChI=1S/C26H26Cl2N2O2/c1-29-26(32)24(17-19-7-3-2-4-8-19)30(18-20-11-14-22(27)15-12-20)25(31)16-13-21-9-5-6-10-23(21)28/h2-12,14-15,24H,13,16-18H2,1H3,(H,29,32). The highest BCUT2D eigenvalue weighted by Gasteiger charge is 2.29. The van der Waals surface area contributed by atoms with Gasteiger partial charge in [0.2, 0.25) is 11.8 Å². The number of carbonyl (C=O) groups is 2. The van der Waals surface area contributed by atoms with Crippen LogP contribution in [0, 0.1) is 0 Å². The predicted octanol–water partition coefficient (Wildman–Crippen LogP) is 5.31. The third kappa shape index (κ3) is 6.59. The molecule has 0 aliphatic heterocycles. The summed E-state index contributed by atoms with van der Waals surface area (Å²) in [7, 11) is 1.59. The van der Waals surface area contributed by atoms with Crippen molar-refractivity contribution in [2.24, 2.45) is 0 Å². The molecule has 1 unspecified atom stereocenters. The maximum Gasteiger partial charge on any atom is 0.242 e. The molecule has 1 N–H and O–H groups in total. The fourth-order valence-electron chi connectivity index (χ4n) is 3.59. The number of hydrogen-bond donors (Lipinski definition) is 1. The van der Waals surface area contributed by atoms with Gasteiger partial charge in [0.05, 0.1) is 0 Å². The normalized spacial score (nSPS) is 11.6. The molecule has 0 fully saturated rings. The number of likely N-dealkylation sites (N-methyl/N-ethyl adjacent to an activating group) is 1. The zero-order chi connectivity index (χ0) is 22.9. The zero-order valence-electron chi connectivity index (χ0n) is 17.9. The van der Waals surface area contributed by atoms with Gasteiger partial charge in [0.15, 0.2) is 0 Å². The first-order chi connectivity index (χ1) is 15.5. The third-order valence-electron chi connectivity index (χ3n) is 5.35. The van der Waals surface area contributed by atoms with Gasteiger partial charge in [0.25, 0.3) is 0 Å². The lowest BCUT2D eigenvalue weighted by Gasteiger charge is -2.31. The van der Waals surface area contributed by atoms with Gasteiger partial charge in [-0.25, -0.2) is 0 Å². The Morgan fingerprint density at radius 2 is 1.53 bits per heavy atom. The van der Waals surface area contributed by atoms with Crippen LogP contribution in [0.15, 0.2) is 78.9 Å². The molecule has 0 spiro atoms. The van der Waals surface area contributed by atoms with Crippen molar-refractivity contribution in [3.8, 4) is 0 Å². The van der Waals surface area contributed by atoms with Crippen molar-refractivity contribution in [1.82, 2.24) is 10.2 Å². The molecule has 6 heteroatoms. The number of carbonyl (C=O) groups excluding carboxylic acids is 2. The number of halogens is 2. The van der Waals surface area contributed by atoms with E-state index in [0.29, 0.717) is 29.4 Å². The van der Waals surface area contributed by atoms with Crippen molar-refractivity contribution >= 4 is 35.0 Å². The summed E-state index contributed by atoms with van der Waals surface area (Å²) in [5.74, 6) is -0.307. The molecular weight excluding hydrogens is 443 g/mol. The van der Waals surface area contributed by atoms with Gasteiger partial charge < -0.3 is 10.2 Å². The molecule has 0 aliphatic carbocycles. The van der Waals surface area contributed by atoms with Gasteiger partial charge in [-0.3, -0.25) is 9.59 Å². The Morgan fingerprint density at radius 1 is 0.875 bits per heavy atom. The Balaban J connectivity index is 1.87. The SMILES string of the molecule is CNC(=O)C(Cc1ccccc1)N(Cc1ccc(Cl)cc1)C(=O)CCc1ccccc1Cl. The maximum atomic E-state index is 13.4. The van der Waals surface area contributed by atoms with E-state index in [1.807, 2.05) is 66.7 Å². The van der Waals surface area contributed by atoms with Crippen LogP contribution in [0.5, 0.6) is 0 Å². The van der Waals surface area contributed by atoms with Crippen LogP contribution in [0.1, 0.15) is 23.1 Å². The molecule has 166 valence electrons. The van der Waals surface area contributed by atoms with E-state index < -0.39 is 6.04 Å². The number of nitrogens with zero attached hydrogens (tertiary/aromatic N) is 1. The van der Waals surface area contributed by atoms with Crippen LogP contribution in [-0.2, 0) is 29.0 Å². The summed E-state index contributed by atoms with van der Waals surface area (Å²) >= 11 is 12.3. The van der Waals surface area contributed by atoms with E-state index in [1.165, 1.54) is 0 Å². The summed E-state index contributed by atoms with van der Waals surface area (Å²) in [6, 6.07) is 23.9. The number of benzene rings is 3. The Labute approximate surface area is 199 Å². The molecular formula is C26H26Cl2N2O2. The van der Waals surface area contributed by atoms with Gasteiger partial charge in [0.1, 0.15) is 6.04 Å². The van der Waals surface area contributed by atoms with E-state index in [2.05, 4.69) is 5.32 Å². The topological polar surface area (TPSA) is 49.4 Å². The summed E-state index contributed by atoms with van der Waals surface area (Å²) in [5.41, 5.74) is 2.80. The van der Waals surface area contributed by atoms with E-state index in [4.69, 9.17) is 23.2 Å². The minimum atomic E-state index is -0.642. The smallest absolute Gasteiger partial charge is 0.242 e. The molecule has 1 atom stereocenters. The van der Waals surface area contributed by atoms with E-state index in [9.17, 15) is 9.59 Å². The average molecular weight is 469 g/mol. The van der Waals surface area contributed by atoms with Crippen molar-refractivity contribution in [3.63, 3.8) is 0 Å². The second-order valence-electron chi connectivity index (χ2n) is 7.56. The second-order valence-corrected chi connectivity index (χ2v) is 8.40. The molecule has 32 heavy (non-hydrogen) atoms. The number of nitrogens with one attached hydrogen (secondary N) is 1. The minimum Gasteiger partial charge on any atom is -0.357 e. The summed E-state index contributed by atoms with van der Waals surface area (Å²) < 4.78 is 0. The molecule has 0 saturated heterocycles. The molecule has 0 aromatic heterocycles. The molecule has 3 rings (SSSR count). The first kappa shape index (κ1) is 23.8. The zero-order valence-corrected chi connectivity index (χ0v) is 19.4. The molecule has 0 aliphatic rings. The molecule has 0 heterocycles. The van der Waals surface area contributed by atoms with Crippen molar-refractivity contribution in [1.29, 1.82) is 0 Å². The Morgan fingerprint density at radius 3 is 2.19 bits per heavy atom. The monoisotopic (exact) mass is 468 g/mol. The van der Waals surface area contributed by atoms with E-state index in [0.717, 1.165) is 16.7 Å². The minimum absolute atomic E-state index is 0.107. The van der Waals surface area contributed by atoms with Gasteiger partial charge in [0, 0.05) is 36.5 Å².